The fourth-order valence-corrected chi connectivity index (χ4v) is 5.15. The van der Waals surface area contributed by atoms with E-state index in [0.717, 1.165) is 54.0 Å². The first kappa shape index (κ1) is 22.5. The van der Waals surface area contributed by atoms with Crippen LogP contribution < -0.4 is 0 Å². The number of unbranched alkanes of at least 4 members (excludes halogenated alkanes) is 1. The highest BCUT2D eigenvalue weighted by atomic mass is 16.6. The van der Waals surface area contributed by atoms with E-state index >= 15 is 0 Å². The SMILES string of the molecule is CCCC[C@]1(C)CCc2ccccc2[C@@H]1OC(=O)[C@](C)(OC)c1cccc2ccccc12. The van der Waals surface area contributed by atoms with Gasteiger partial charge in [-0.25, -0.2) is 4.79 Å². The lowest BCUT2D eigenvalue weighted by Gasteiger charge is -2.43. The van der Waals surface area contributed by atoms with Crippen molar-refractivity contribution in [2.24, 2.45) is 5.41 Å². The van der Waals surface area contributed by atoms with Crippen molar-refractivity contribution in [2.75, 3.05) is 7.11 Å². The number of carbonyl (C=O) groups is 1. The van der Waals surface area contributed by atoms with Gasteiger partial charge in [0.05, 0.1) is 0 Å². The van der Waals surface area contributed by atoms with E-state index in [0.29, 0.717) is 0 Å². The van der Waals surface area contributed by atoms with Crippen molar-refractivity contribution in [1.29, 1.82) is 0 Å². The number of fused-ring (bicyclic) bond motifs is 2. The molecule has 0 unspecified atom stereocenters. The summed E-state index contributed by atoms with van der Waals surface area (Å²) in [6.45, 7) is 6.32. The van der Waals surface area contributed by atoms with Gasteiger partial charge in [-0.3, -0.25) is 0 Å². The third kappa shape index (κ3) is 3.95. The molecule has 4 rings (SSSR count). The Morgan fingerprint density at radius 1 is 1.06 bits per heavy atom. The van der Waals surface area contributed by atoms with E-state index in [-0.39, 0.29) is 17.5 Å². The molecule has 0 aliphatic heterocycles. The summed E-state index contributed by atoms with van der Waals surface area (Å²) in [5.74, 6) is -0.333. The van der Waals surface area contributed by atoms with Gasteiger partial charge in [0, 0.05) is 18.1 Å². The van der Waals surface area contributed by atoms with E-state index in [1.807, 2.05) is 43.3 Å². The number of hydrogen-bond acceptors (Lipinski definition) is 3. The molecule has 3 atom stereocenters. The van der Waals surface area contributed by atoms with Crippen molar-refractivity contribution in [3.05, 3.63) is 83.4 Å². The van der Waals surface area contributed by atoms with E-state index in [9.17, 15) is 4.79 Å². The molecule has 0 bridgehead atoms. The van der Waals surface area contributed by atoms with E-state index in [2.05, 4.69) is 44.2 Å². The zero-order valence-electron chi connectivity index (χ0n) is 19.7. The molecule has 0 heterocycles. The molecule has 0 amide bonds. The van der Waals surface area contributed by atoms with Crippen LogP contribution in [0.25, 0.3) is 10.8 Å². The molecule has 0 saturated heterocycles. The molecule has 0 spiro atoms. The quantitative estimate of drug-likeness (QED) is 0.374. The Bertz CT molecular complexity index is 1100. The van der Waals surface area contributed by atoms with Crippen LogP contribution in [0.1, 0.15) is 69.2 Å². The van der Waals surface area contributed by atoms with Gasteiger partial charge in [0.25, 0.3) is 0 Å². The molecule has 3 heteroatoms. The lowest BCUT2D eigenvalue weighted by atomic mass is 9.68. The third-order valence-corrected chi connectivity index (χ3v) is 7.36. The van der Waals surface area contributed by atoms with Crippen molar-refractivity contribution in [3.63, 3.8) is 0 Å². The van der Waals surface area contributed by atoms with E-state index in [1.165, 1.54) is 5.56 Å². The monoisotopic (exact) mass is 430 g/mol. The fraction of sp³-hybridized carbons (Fsp3) is 0.414. The number of rotatable bonds is 7. The average molecular weight is 431 g/mol. The van der Waals surface area contributed by atoms with Gasteiger partial charge in [-0.05, 0) is 48.1 Å². The van der Waals surface area contributed by atoms with Crippen molar-refractivity contribution >= 4 is 16.7 Å². The Morgan fingerprint density at radius 2 is 1.78 bits per heavy atom. The van der Waals surface area contributed by atoms with Gasteiger partial charge in [-0.2, -0.15) is 0 Å². The molecule has 0 N–H and O–H groups in total. The topological polar surface area (TPSA) is 35.5 Å². The summed E-state index contributed by atoms with van der Waals surface area (Å²) in [5.41, 5.74) is 1.97. The lowest BCUT2D eigenvalue weighted by molar-refractivity contribution is -0.183. The van der Waals surface area contributed by atoms with Crippen molar-refractivity contribution in [2.45, 2.75) is 64.6 Å². The Balaban J connectivity index is 1.74. The van der Waals surface area contributed by atoms with Crippen LogP contribution in [0.4, 0.5) is 0 Å². The first-order valence-electron chi connectivity index (χ1n) is 11.8. The van der Waals surface area contributed by atoms with Crippen LogP contribution in [0.3, 0.4) is 0 Å². The second kappa shape index (κ2) is 9.07. The van der Waals surface area contributed by atoms with Crippen LogP contribution in [0.15, 0.2) is 66.7 Å². The normalized spacial score (nSPS) is 22.2. The molecule has 0 fully saturated rings. The number of aryl methyl sites for hydroxylation is 1. The lowest BCUT2D eigenvalue weighted by Crippen LogP contribution is -2.41. The molecular weight excluding hydrogens is 396 g/mol. The highest BCUT2D eigenvalue weighted by molar-refractivity contribution is 5.92. The zero-order chi connectivity index (χ0) is 22.8. The van der Waals surface area contributed by atoms with Crippen LogP contribution in [0, 0.1) is 5.41 Å². The molecule has 1 aliphatic carbocycles. The first-order valence-corrected chi connectivity index (χ1v) is 11.8. The Hall–Kier alpha value is -2.65. The summed E-state index contributed by atoms with van der Waals surface area (Å²) < 4.78 is 12.3. The van der Waals surface area contributed by atoms with E-state index in [4.69, 9.17) is 9.47 Å². The van der Waals surface area contributed by atoms with Crippen LogP contribution in [0.5, 0.6) is 0 Å². The second-order valence-electron chi connectivity index (χ2n) is 9.51. The van der Waals surface area contributed by atoms with Crippen LogP contribution in [-0.2, 0) is 26.3 Å². The van der Waals surface area contributed by atoms with Gasteiger partial charge < -0.3 is 9.47 Å². The largest absolute Gasteiger partial charge is 0.455 e. The van der Waals surface area contributed by atoms with E-state index in [1.54, 1.807) is 7.11 Å². The number of benzene rings is 3. The molecule has 1 aliphatic rings. The number of carbonyl (C=O) groups excluding carboxylic acids is 1. The minimum absolute atomic E-state index is 0.0899. The maximum Gasteiger partial charge on any atom is 0.343 e. The summed E-state index contributed by atoms with van der Waals surface area (Å²) in [6, 6.07) is 22.5. The van der Waals surface area contributed by atoms with Gasteiger partial charge in [0.2, 0.25) is 0 Å². The predicted molar refractivity (Wildman–Crippen MR) is 130 cm³/mol. The minimum atomic E-state index is -1.20. The summed E-state index contributed by atoms with van der Waals surface area (Å²) in [5, 5.41) is 2.09. The third-order valence-electron chi connectivity index (χ3n) is 7.36. The van der Waals surface area contributed by atoms with Gasteiger partial charge in [0.15, 0.2) is 5.60 Å². The maximum atomic E-state index is 13.8. The fourth-order valence-electron chi connectivity index (χ4n) is 5.15. The van der Waals surface area contributed by atoms with Gasteiger partial charge in [-0.15, -0.1) is 0 Å². The average Bonchev–Trinajstić information content (AvgIpc) is 2.83. The Labute approximate surface area is 191 Å². The predicted octanol–water partition coefficient (Wildman–Crippen LogP) is 7.13. The number of hydrogen-bond donors (Lipinski definition) is 0. The van der Waals surface area contributed by atoms with Crippen LogP contribution >= 0.6 is 0 Å². The summed E-state index contributed by atoms with van der Waals surface area (Å²) in [7, 11) is 1.59. The van der Waals surface area contributed by atoms with Crippen molar-refractivity contribution in [1.82, 2.24) is 0 Å². The molecule has 0 aromatic heterocycles. The molecule has 32 heavy (non-hydrogen) atoms. The molecule has 0 saturated carbocycles. The van der Waals surface area contributed by atoms with Crippen LogP contribution in [-0.4, -0.2) is 13.1 Å². The standard InChI is InChI=1S/C29H34O3/c1-5-6-19-28(2)20-18-22-13-8-10-16-24(22)26(28)32-27(30)29(3,31-4)25-17-11-14-21-12-7-9-15-23(21)25/h7-17,26H,5-6,18-20H2,1-4H3/t26-,28+,29+/m0/s1. The summed E-state index contributed by atoms with van der Waals surface area (Å²) in [6.07, 6.45) is 5.04. The molecule has 3 nitrogen and oxygen atoms in total. The zero-order valence-corrected chi connectivity index (χ0v) is 19.7. The highest BCUT2D eigenvalue weighted by Crippen LogP contribution is 2.50. The Morgan fingerprint density at radius 3 is 2.56 bits per heavy atom. The number of esters is 1. The van der Waals surface area contributed by atoms with Gasteiger partial charge >= 0.3 is 5.97 Å². The summed E-state index contributed by atoms with van der Waals surface area (Å²) in [4.78, 5) is 13.8. The molecule has 3 aromatic rings. The molecule has 3 aromatic carbocycles. The smallest absolute Gasteiger partial charge is 0.343 e. The number of ether oxygens (including phenoxy) is 2. The van der Waals surface area contributed by atoms with Crippen molar-refractivity contribution < 1.29 is 14.3 Å². The van der Waals surface area contributed by atoms with E-state index < -0.39 is 5.60 Å². The van der Waals surface area contributed by atoms with Gasteiger partial charge in [-0.1, -0.05) is 93.4 Å². The molecule has 0 radical (unpaired) electrons. The van der Waals surface area contributed by atoms with Crippen LogP contribution in [0.2, 0.25) is 0 Å². The summed E-state index contributed by atoms with van der Waals surface area (Å²) >= 11 is 0. The highest BCUT2D eigenvalue weighted by Gasteiger charge is 2.46. The Kier molecular flexibility index (Phi) is 6.39. The van der Waals surface area contributed by atoms with Gasteiger partial charge in [0.1, 0.15) is 6.10 Å². The first-order chi connectivity index (χ1) is 15.4. The number of methoxy groups -OCH3 is 1. The minimum Gasteiger partial charge on any atom is -0.455 e. The molecule has 168 valence electrons. The molecular formula is C29H34O3. The second-order valence-corrected chi connectivity index (χ2v) is 9.51. The van der Waals surface area contributed by atoms with Crippen molar-refractivity contribution in [3.8, 4) is 0 Å². The maximum absolute atomic E-state index is 13.8.